The number of hydrogen-bond acceptors (Lipinski definition) is 2. The van der Waals surface area contributed by atoms with E-state index in [-0.39, 0.29) is 0 Å². The molecule has 1 atom stereocenters. The third-order valence-corrected chi connectivity index (χ3v) is 3.29. The Morgan fingerprint density at radius 1 is 1.47 bits per heavy atom. The number of aryl methyl sites for hydroxylation is 1. The highest BCUT2D eigenvalue weighted by Gasteiger charge is 2.23. The summed E-state index contributed by atoms with van der Waals surface area (Å²) < 4.78 is 0. The van der Waals surface area contributed by atoms with E-state index in [2.05, 4.69) is 19.2 Å². The van der Waals surface area contributed by atoms with Gasteiger partial charge in [0.15, 0.2) is 0 Å². The van der Waals surface area contributed by atoms with Crippen LogP contribution in [0.4, 0.5) is 0 Å². The van der Waals surface area contributed by atoms with Gasteiger partial charge in [0.2, 0.25) is 0 Å². The Hall–Kier alpha value is -1.35. The van der Waals surface area contributed by atoms with Gasteiger partial charge in [-0.15, -0.1) is 0 Å². The van der Waals surface area contributed by atoms with Crippen molar-refractivity contribution in [2.75, 3.05) is 0 Å². The summed E-state index contributed by atoms with van der Waals surface area (Å²) in [5.41, 5.74) is 2.69. The van der Waals surface area contributed by atoms with Crippen LogP contribution in [0.3, 0.4) is 0 Å². The van der Waals surface area contributed by atoms with Crippen molar-refractivity contribution in [2.24, 2.45) is 0 Å². The van der Waals surface area contributed by atoms with Crippen molar-refractivity contribution in [1.29, 1.82) is 0 Å². The number of hydrogen-bond donors (Lipinski definition) is 2. The fraction of sp³-hybridized carbons (Fsp3) is 0.500. The van der Waals surface area contributed by atoms with E-state index in [1.165, 1.54) is 5.56 Å². The van der Waals surface area contributed by atoms with Crippen LogP contribution in [0.5, 0.6) is 0 Å². The van der Waals surface area contributed by atoms with Crippen LogP contribution >= 0.6 is 0 Å². The first-order valence-corrected chi connectivity index (χ1v) is 6.18. The molecule has 0 heterocycles. The van der Waals surface area contributed by atoms with Gasteiger partial charge in [0.25, 0.3) is 0 Å². The second-order valence-corrected chi connectivity index (χ2v) is 5.01. The van der Waals surface area contributed by atoms with Crippen LogP contribution in [0.1, 0.15) is 41.8 Å². The minimum absolute atomic E-state index is 0.406. The van der Waals surface area contributed by atoms with E-state index >= 15 is 0 Å². The number of carbonyl (C=O) groups is 1. The van der Waals surface area contributed by atoms with Crippen molar-refractivity contribution in [3.05, 3.63) is 34.9 Å². The van der Waals surface area contributed by atoms with Gasteiger partial charge in [-0.1, -0.05) is 26.0 Å². The zero-order valence-corrected chi connectivity index (χ0v) is 10.4. The van der Waals surface area contributed by atoms with Gasteiger partial charge in [0.1, 0.15) is 0 Å². The SMILES string of the molecule is CC(C)NC1CCc2cccc(C(=O)O)c2C1. The average Bonchev–Trinajstić information content (AvgIpc) is 2.27. The fourth-order valence-corrected chi connectivity index (χ4v) is 2.60. The number of benzene rings is 1. The number of rotatable bonds is 3. The lowest BCUT2D eigenvalue weighted by Gasteiger charge is -2.28. The van der Waals surface area contributed by atoms with E-state index in [0.29, 0.717) is 17.6 Å². The Bertz CT molecular complexity index is 426. The van der Waals surface area contributed by atoms with Crippen molar-refractivity contribution < 1.29 is 9.90 Å². The van der Waals surface area contributed by atoms with Crippen LogP contribution in [-0.2, 0) is 12.8 Å². The quantitative estimate of drug-likeness (QED) is 0.841. The van der Waals surface area contributed by atoms with Gasteiger partial charge in [-0.3, -0.25) is 0 Å². The minimum Gasteiger partial charge on any atom is -0.478 e. The van der Waals surface area contributed by atoms with Gasteiger partial charge in [-0.05, 0) is 36.5 Å². The summed E-state index contributed by atoms with van der Waals surface area (Å²) in [6.45, 7) is 4.25. The van der Waals surface area contributed by atoms with Crippen LogP contribution in [0.15, 0.2) is 18.2 Å². The summed E-state index contributed by atoms with van der Waals surface area (Å²) in [6.07, 6.45) is 2.89. The molecule has 2 rings (SSSR count). The molecule has 3 heteroatoms. The number of carboxylic acid groups (broad SMARTS) is 1. The largest absolute Gasteiger partial charge is 0.478 e. The molecule has 1 unspecified atom stereocenters. The Morgan fingerprint density at radius 2 is 2.24 bits per heavy atom. The third kappa shape index (κ3) is 2.67. The molecule has 1 aliphatic carbocycles. The zero-order chi connectivity index (χ0) is 12.4. The van der Waals surface area contributed by atoms with E-state index in [1.807, 2.05) is 12.1 Å². The first-order chi connectivity index (χ1) is 8.08. The van der Waals surface area contributed by atoms with E-state index in [1.54, 1.807) is 6.07 Å². The Balaban J connectivity index is 2.26. The molecule has 0 saturated heterocycles. The summed E-state index contributed by atoms with van der Waals surface area (Å²) in [5.74, 6) is -0.813. The van der Waals surface area contributed by atoms with Crippen LogP contribution in [-0.4, -0.2) is 23.2 Å². The molecule has 1 aromatic carbocycles. The smallest absolute Gasteiger partial charge is 0.335 e. The molecule has 17 heavy (non-hydrogen) atoms. The second-order valence-electron chi connectivity index (χ2n) is 5.01. The van der Waals surface area contributed by atoms with E-state index in [4.69, 9.17) is 0 Å². The van der Waals surface area contributed by atoms with Crippen LogP contribution in [0.2, 0.25) is 0 Å². The lowest BCUT2D eigenvalue weighted by molar-refractivity contribution is 0.0695. The Morgan fingerprint density at radius 3 is 2.88 bits per heavy atom. The van der Waals surface area contributed by atoms with E-state index < -0.39 is 5.97 Å². The first-order valence-electron chi connectivity index (χ1n) is 6.18. The van der Waals surface area contributed by atoms with E-state index in [0.717, 1.165) is 24.8 Å². The normalized spacial score (nSPS) is 19.1. The highest BCUT2D eigenvalue weighted by atomic mass is 16.4. The predicted octanol–water partition coefficient (Wildman–Crippen LogP) is 2.24. The van der Waals surface area contributed by atoms with Crippen molar-refractivity contribution in [2.45, 2.75) is 45.2 Å². The second kappa shape index (κ2) is 4.88. The molecule has 0 amide bonds. The van der Waals surface area contributed by atoms with Crippen molar-refractivity contribution in [1.82, 2.24) is 5.32 Å². The minimum atomic E-state index is -0.813. The summed E-state index contributed by atoms with van der Waals surface area (Å²) in [4.78, 5) is 11.2. The molecule has 0 saturated carbocycles. The molecular formula is C14H19NO2. The number of nitrogens with one attached hydrogen (secondary N) is 1. The van der Waals surface area contributed by atoms with E-state index in [9.17, 15) is 9.90 Å². The summed E-state index contributed by atoms with van der Waals surface area (Å²) in [7, 11) is 0. The highest BCUT2D eigenvalue weighted by Crippen LogP contribution is 2.25. The molecule has 0 bridgehead atoms. The van der Waals surface area contributed by atoms with Gasteiger partial charge in [0, 0.05) is 12.1 Å². The molecule has 0 aliphatic heterocycles. The molecular weight excluding hydrogens is 214 g/mol. The zero-order valence-electron chi connectivity index (χ0n) is 10.4. The molecule has 0 aromatic heterocycles. The lowest BCUT2D eigenvalue weighted by atomic mass is 9.85. The Labute approximate surface area is 102 Å². The maximum absolute atomic E-state index is 11.2. The molecule has 0 spiro atoms. The van der Waals surface area contributed by atoms with Gasteiger partial charge >= 0.3 is 5.97 Å². The number of aromatic carboxylic acids is 1. The summed E-state index contributed by atoms with van der Waals surface area (Å²) in [6, 6.07) is 6.45. The molecule has 0 fully saturated rings. The lowest BCUT2D eigenvalue weighted by Crippen LogP contribution is -2.39. The third-order valence-electron chi connectivity index (χ3n) is 3.29. The maximum Gasteiger partial charge on any atom is 0.335 e. The summed E-state index contributed by atoms with van der Waals surface area (Å²) in [5, 5.41) is 12.7. The molecule has 3 nitrogen and oxygen atoms in total. The molecule has 0 radical (unpaired) electrons. The van der Waals surface area contributed by atoms with Gasteiger partial charge < -0.3 is 10.4 Å². The summed E-state index contributed by atoms with van der Waals surface area (Å²) >= 11 is 0. The average molecular weight is 233 g/mol. The van der Waals surface area contributed by atoms with Gasteiger partial charge in [-0.25, -0.2) is 4.79 Å². The molecule has 1 aromatic rings. The standard InChI is InChI=1S/C14H19NO2/c1-9(2)15-11-7-6-10-4-3-5-12(14(16)17)13(10)8-11/h3-5,9,11,15H,6-8H2,1-2H3,(H,16,17). The monoisotopic (exact) mass is 233 g/mol. The van der Waals surface area contributed by atoms with Crippen LogP contribution < -0.4 is 5.32 Å². The number of fused-ring (bicyclic) bond motifs is 1. The Kier molecular flexibility index (Phi) is 3.48. The topological polar surface area (TPSA) is 49.3 Å². The fourth-order valence-electron chi connectivity index (χ4n) is 2.60. The molecule has 2 N–H and O–H groups in total. The van der Waals surface area contributed by atoms with Crippen molar-refractivity contribution in [3.8, 4) is 0 Å². The molecule has 1 aliphatic rings. The molecule has 92 valence electrons. The predicted molar refractivity (Wildman–Crippen MR) is 67.5 cm³/mol. The van der Waals surface area contributed by atoms with Crippen molar-refractivity contribution in [3.63, 3.8) is 0 Å². The van der Waals surface area contributed by atoms with Crippen LogP contribution in [0.25, 0.3) is 0 Å². The first kappa shape index (κ1) is 12.1. The van der Waals surface area contributed by atoms with Crippen LogP contribution in [0, 0.1) is 0 Å². The number of carboxylic acids is 1. The van der Waals surface area contributed by atoms with Crippen molar-refractivity contribution >= 4 is 5.97 Å². The highest BCUT2D eigenvalue weighted by molar-refractivity contribution is 5.89. The maximum atomic E-state index is 11.2. The van der Waals surface area contributed by atoms with Gasteiger partial charge in [0.05, 0.1) is 5.56 Å². The van der Waals surface area contributed by atoms with Gasteiger partial charge in [-0.2, -0.15) is 0 Å².